The third-order valence-electron chi connectivity index (χ3n) is 8.95. The highest BCUT2D eigenvalue weighted by molar-refractivity contribution is 5.89. The third-order valence-corrected chi connectivity index (χ3v) is 8.95. The quantitative estimate of drug-likeness (QED) is 0.0660. The number of ether oxygens (including phenoxy) is 5. The van der Waals surface area contributed by atoms with Crippen molar-refractivity contribution in [2.75, 3.05) is 19.8 Å². The molecule has 0 aromatic heterocycles. The minimum absolute atomic E-state index is 0.0287. The maximum absolute atomic E-state index is 12.9. The van der Waals surface area contributed by atoms with E-state index in [0.717, 1.165) is 11.8 Å². The van der Waals surface area contributed by atoms with Crippen LogP contribution in [0.3, 0.4) is 0 Å². The number of phenols is 1. The molecule has 0 radical (unpaired) electrons. The van der Waals surface area contributed by atoms with Gasteiger partial charge in [-0.1, -0.05) is 19.1 Å². The number of hydrogen-bond donors (Lipinski definition) is 11. The Morgan fingerprint density at radius 2 is 1.62 bits per heavy atom. The highest BCUT2D eigenvalue weighted by Crippen LogP contribution is 2.47. The zero-order valence-electron chi connectivity index (χ0n) is 25.5. The van der Waals surface area contributed by atoms with Crippen LogP contribution in [0.4, 0.5) is 0 Å². The fraction of sp³-hybridized carbons (Fsp3) is 0.700. The molecule has 0 amide bonds. The summed E-state index contributed by atoms with van der Waals surface area (Å²) in [5.41, 5.74) is 0.964. The van der Waals surface area contributed by atoms with Crippen molar-refractivity contribution < 1.29 is 84.7 Å². The fourth-order valence-corrected chi connectivity index (χ4v) is 5.99. The van der Waals surface area contributed by atoms with Crippen LogP contribution in [0.1, 0.15) is 18.9 Å². The lowest BCUT2D eigenvalue weighted by molar-refractivity contribution is -0.308. The van der Waals surface area contributed by atoms with Crippen LogP contribution in [0.25, 0.3) is 0 Å². The van der Waals surface area contributed by atoms with E-state index in [1.54, 1.807) is 19.1 Å². The van der Waals surface area contributed by atoms with E-state index in [9.17, 15) is 61.0 Å². The van der Waals surface area contributed by atoms with Gasteiger partial charge in [0.2, 0.25) is 6.29 Å². The van der Waals surface area contributed by atoms with Crippen molar-refractivity contribution >= 4 is 5.97 Å². The van der Waals surface area contributed by atoms with E-state index in [2.05, 4.69) is 0 Å². The SMILES string of the molecule is C[C@H]1C(O)C[C@@H]2C(C(=O)OCCc3ccc(O)cc3)=COC(OC(O)[C@H](O)[C@@H](O)[C@H](O)[C@H](O)CO[C@H]3O[C@H](CO)[C@@H](O)[C@H](O)[C@H]3O)[C@@H]21. The molecule has 266 valence electrons. The maximum Gasteiger partial charge on any atom is 0.337 e. The van der Waals surface area contributed by atoms with Gasteiger partial charge in [-0.25, -0.2) is 4.79 Å². The maximum atomic E-state index is 12.9. The molecule has 2 heterocycles. The topological polar surface area (TPSA) is 286 Å². The van der Waals surface area contributed by atoms with Gasteiger partial charge in [0.05, 0.1) is 37.8 Å². The Balaban J connectivity index is 1.31. The number of aliphatic hydroxyl groups excluding tert-OH is 10. The van der Waals surface area contributed by atoms with Gasteiger partial charge in [0, 0.05) is 18.3 Å². The molecule has 1 aromatic rings. The van der Waals surface area contributed by atoms with Gasteiger partial charge in [0.1, 0.15) is 54.6 Å². The summed E-state index contributed by atoms with van der Waals surface area (Å²) < 4.78 is 26.7. The number of aliphatic hydroxyl groups is 10. The molecule has 2 fully saturated rings. The first kappa shape index (κ1) is 37.3. The average molecular weight is 677 g/mol. The molecule has 1 aliphatic carbocycles. The van der Waals surface area contributed by atoms with Crippen LogP contribution in [-0.4, -0.2) is 156 Å². The van der Waals surface area contributed by atoms with Crippen molar-refractivity contribution in [3.63, 3.8) is 0 Å². The van der Waals surface area contributed by atoms with Gasteiger partial charge in [-0.15, -0.1) is 0 Å². The first-order valence-electron chi connectivity index (χ1n) is 15.2. The lowest BCUT2D eigenvalue weighted by Crippen LogP contribution is -2.59. The van der Waals surface area contributed by atoms with Crippen LogP contribution < -0.4 is 0 Å². The van der Waals surface area contributed by atoms with Gasteiger partial charge >= 0.3 is 5.97 Å². The predicted molar refractivity (Wildman–Crippen MR) is 153 cm³/mol. The van der Waals surface area contributed by atoms with Gasteiger partial charge in [-0.2, -0.15) is 0 Å². The van der Waals surface area contributed by atoms with Crippen molar-refractivity contribution in [1.82, 2.24) is 0 Å². The second-order valence-corrected chi connectivity index (χ2v) is 12.1. The first-order valence-corrected chi connectivity index (χ1v) is 15.2. The van der Waals surface area contributed by atoms with Crippen LogP contribution in [-0.2, 0) is 34.9 Å². The van der Waals surface area contributed by atoms with Gasteiger partial charge in [-0.3, -0.25) is 0 Å². The largest absolute Gasteiger partial charge is 0.508 e. The highest BCUT2D eigenvalue weighted by Gasteiger charge is 2.52. The van der Waals surface area contributed by atoms with Crippen LogP contribution in [0.2, 0.25) is 0 Å². The van der Waals surface area contributed by atoms with Crippen molar-refractivity contribution in [2.24, 2.45) is 17.8 Å². The molecule has 47 heavy (non-hydrogen) atoms. The Morgan fingerprint density at radius 1 is 0.936 bits per heavy atom. The van der Waals surface area contributed by atoms with Gasteiger partial charge in [0.25, 0.3) is 0 Å². The van der Waals surface area contributed by atoms with Crippen LogP contribution in [0.5, 0.6) is 5.75 Å². The molecular weight excluding hydrogens is 632 g/mol. The summed E-state index contributed by atoms with van der Waals surface area (Å²) in [6.45, 7) is 0.155. The molecule has 17 heteroatoms. The Labute approximate surface area is 269 Å². The van der Waals surface area contributed by atoms with E-state index in [4.69, 9.17) is 23.7 Å². The Kier molecular flexibility index (Phi) is 12.9. The molecule has 0 bridgehead atoms. The van der Waals surface area contributed by atoms with Gasteiger partial charge < -0.3 is 79.9 Å². The molecule has 3 unspecified atom stereocenters. The second kappa shape index (κ2) is 16.3. The molecule has 3 aliphatic rings. The summed E-state index contributed by atoms with van der Waals surface area (Å²) in [7, 11) is 0. The van der Waals surface area contributed by atoms with E-state index in [-0.39, 0.29) is 24.4 Å². The summed E-state index contributed by atoms with van der Waals surface area (Å²) in [6.07, 6.45) is -19.4. The molecule has 1 aromatic carbocycles. The molecule has 1 saturated carbocycles. The Hall–Kier alpha value is -2.49. The van der Waals surface area contributed by atoms with Crippen molar-refractivity contribution in [3.8, 4) is 5.75 Å². The monoisotopic (exact) mass is 676 g/mol. The molecule has 1 saturated heterocycles. The minimum atomic E-state index is -2.22. The van der Waals surface area contributed by atoms with E-state index in [0.29, 0.717) is 6.42 Å². The Bertz CT molecular complexity index is 1180. The van der Waals surface area contributed by atoms with Crippen molar-refractivity contribution in [1.29, 1.82) is 0 Å². The Morgan fingerprint density at radius 3 is 2.28 bits per heavy atom. The number of rotatable bonds is 14. The summed E-state index contributed by atoms with van der Waals surface area (Å²) in [5, 5.41) is 111. The standard InChI is InChI=1S/C30H44O17/c1-12-17(33)8-15-16(27(41)43-7-6-13-2-4-14(32)5-3-13)10-44-29(20(12)15)47-28(42)25(39)23(37)21(35)18(34)11-45-30-26(40)24(38)22(36)19(9-31)46-30/h2-5,10,12,15,17-26,28-40,42H,6-9,11H2,1H3/t12-,15+,17?,18+,19+,20+,21+,22+,23-,24-,25+,26+,28?,29?,30-/m0/s1. The number of esters is 1. The summed E-state index contributed by atoms with van der Waals surface area (Å²) in [6, 6.07) is 6.40. The van der Waals surface area contributed by atoms with Crippen LogP contribution in [0.15, 0.2) is 36.1 Å². The fourth-order valence-electron chi connectivity index (χ4n) is 5.99. The van der Waals surface area contributed by atoms with E-state index >= 15 is 0 Å². The average Bonchev–Trinajstić information content (AvgIpc) is 3.36. The number of hydrogen-bond acceptors (Lipinski definition) is 17. The van der Waals surface area contributed by atoms with Crippen LogP contribution in [0, 0.1) is 17.8 Å². The van der Waals surface area contributed by atoms with Gasteiger partial charge in [-0.05, 0) is 30.0 Å². The minimum Gasteiger partial charge on any atom is -0.508 e. The number of fused-ring (bicyclic) bond motifs is 1. The lowest BCUT2D eigenvalue weighted by Gasteiger charge is -2.40. The molecule has 2 aliphatic heterocycles. The third kappa shape index (κ3) is 8.57. The molecule has 4 rings (SSSR count). The van der Waals surface area contributed by atoms with E-state index < -0.39 is 111 Å². The lowest BCUT2D eigenvalue weighted by atomic mass is 9.83. The summed E-state index contributed by atoms with van der Waals surface area (Å²) >= 11 is 0. The van der Waals surface area contributed by atoms with E-state index in [1.165, 1.54) is 12.1 Å². The second-order valence-electron chi connectivity index (χ2n) is 12.1. The van der Waals surface area contributed by atoms with Crippen molar-refractivity contribution in [3.05, 3.63) is 41.7 Å². The first-order chi connectivity index (χ1) is 22.2. The van der Waals surface area contributed by atoms with Crippen LogP contribution >= 0.6 is 0 Å². The zero-order chi connectivity index (χ0) is 34.6. The molecular formula is C30H44O17. The molecule has 11 N–H and O–H groups in total. The molecule has 17 nitrogen and oxygen atoms in total. The molecule has 0 spiro atoms. The molecule has 15 atom stereocenters. The zero-order valence-corrected chi connectivity index (χ0v) is 25.5. The number of carbonyl (C=O) groups is 1. The van der Waals surface area contributed by atoms with Gasteiger partial charge in [0.15, 0.2) is 12.6 Å². The summed E-state index contributed by atoms with van der Waals surface area (Å²) in [4.78, 5) is 12.9. The number of aromatic hydroxyl groups is 1. The van der Waals surface area contributed by atoms with Crippen molar-refractivity contribution in [2.45, 2.75) is 93.6 Å². The number of benzene rings is 1. The number of carbonyl (C=O) groups excluding carboxylic acids is 1. The highest BCUT2D eigenvalue weighted by atomic mass is 16.7. The van der Waals surface area contributed by atoms with E-state index in [1.807, 2.05) is 0 Å². The predicted octanol–water partition coefficient (Wildman–Crippen LogP) is -4.05. The summed E-state index contributed by atoms with van der Waals surface area (Å²) in [5.74, 6) is -2.39. The number of phenolic OH excluding ortho intramolecular Hbond substituents is 1. The smallest absolute Gasteiger partial charge is 0.337 e. The normalized spacial score (nSPS) is 35.5.